The Balaban J connectivity index is 1.81. The predicted octanol–water partition coefficient (Wildman–Crippen LogP) is 3.12. The SMILES string of the molecule is N#Cc1cc(F)c(N[C@H](Cc2ccc(-n3ccccc3=O)cc2)C(N)=O)cc1Br. The fourth-order valence-electron chi connectivity index (χ4n) is 2.82. The number of hydrogen-bond acceptors (Lipinski definition) is 4. The van der Waals surface area contributed by atoms with Gasteiger partial charge in [-0.05, 0) is 51.8 Å². The molecule has 0 saturated carbocycles. The molecule has 0 aliphatic heterocycles. The van der Waals surface area contributed by atoms with E-state index < -0.39 is 17.8 Å². The van der Waals surface area contributed by atoms with E-state index in [2.05, 4.69) is 21.2 Å². The average molecular weight is 455 g/mol. The lowest BCUT2D eigenvalue weighted by Crippen LogP contribution is -2.37. The van der Waals surface area contributed by atoms with Crippen molar-refractivity contribution in [2.45, 2.75) is 12.5 Å². The fourth-order valence-corrected chi connectivity index (χ4v) is 3.25. The molecule has 8 heteroatoms. The molecule has 146 valence electrons. The molecule has 3 N–H and O–H groups in total. The third kappa shape index (κ3) is 4.70. The summed E-state index contributed by atoms with van der Waals surface area (Å²) in [5, 5.41) is 11.8. The molecule has 0 unspecified atom stereocenters. The molecule has 29 heavy (non-hydrogen) atoms. The van der Waals surface area contributed by atoms with Crippen molar-refractivity contribution in [3.05, 3.63) is 92.6 Å². The Morgan fingerprint density at radius 2 is 1.97 bits per heavy atom. The van der Waals surface area contributed by atoms with E-state index >= 15 is 0 Å². The minimum Gasteiger partial charge on any atom is -0.371 e. The third-order valence-electron chi connectivity index (χ3n) is 4.33. The molecule has 3 rings (SSSR count). The largest absolute Gasteiger partial charge is 0.371 e. The summed E-state index contributed by atoms with van der Waals surface area (Å²) in [7, 11) is 0. The number of amides is 1. The number of nitrogens with zero attached hydrogens (tertiary/aromatic N) is 2. The maximum absolute atomic E-state index is 14.2. The molecule has 0 spiro atoms. The van der Waals surface area contributed by atoms with Crippen molar-refractivity contribution >= 4 is 27.5 Å². The van der Waals surface area contributed by atoms with Crippen LogP contribution in [-0.4, -0.2) is 16.5 Å². The number of rotatable bonds is 6. The lowest BCUT2D eigenvalue weighted by Gasteiger charge is -2.18. The second-order valence-corrected chi connectivity index (χ2v) is 7.16. The topological polar surface area (TPSA) is 101 Å². The van der Waals surface area contributed by atoms with E-state index in [0.29, 0.717) is 10.2 Å². The van der Waals surface area contributed by atoms with Crippen molar-refractivity contribution in [1.82, 2.24) is 4.57 Å². The highest BCUT2D eigenvalue weighted by atomic mass is 79.9. The Labute approximate surface area is 174 Å². The van der Waals surface area contributed by atoms with Gasteiger partial charge in [0.15, 0.2) is 0 Å². The van der Waals surface area contributed by atoms with Gasteiger partial charge >= 0.3 is 0 Å². The van der Waals surface area contributed by atoms with Crippen LogP contribution in [0.4, 0.5) is 10.1 Å². The maximum atomic E-state index is 14.2. The minimum atomic E-state index is -0.866. The van der Waals surface area contributed by atoms with E-state index in [9.17, 15) is 14.0 Å². The number of benzene rings is 2. The number of nitriles is 1. The highest BCUT2D eigenvalue weighted by Crippen LogP contribution is 2.25. The minimum absolute atomic E-state index is 0.0622. The normalized spacial score (nSPS) is 11.5. The lowest BCUT2D eigenvalue weighted by molar-refractivity contribution is -0.118. The third-order valence-corrected chi connectivity index (χ3v) is 4.98. The molecular weight excluding hydrogens is 439 g/mol. The number of nitrogens with one attached hydrogen (secondary N) is 1. The van der Waals surface area contributed by atoms with Gasteiger partial charge < -0.3 is 11.1 Å². The van der Waals surface area contributed by atoms with Crippen molar-refractivity contribution in [3.8, 4) is 11.8 Å². The van der Waals surface area contributed by atoms with Gasteiger partial charge in [0.25, 0.3) is 5.56 Å². The van der Waals surface area contributed by atoms with Gasteiger partial charge in [0.1, 0.15) is 17.9 Å². The van der Waals surface area contributed by atoms with E-state index in [0.717, 1.165) is 11.6 Å². The maximum Gasteiger partial charge on any atom is 0.255 e. The van der Waals surface area contributed by atoms with Gasteiger partial charge in [-0.1, -0.05) is 18.2 Å². The average Bonchev–Trinajstić information content (AvgIpc) is 2.70. The van der Waals surface area contributed by atoms with Crippen molar-refractivity contribution in [1.29, 1.82) is 5.26 Å². The van der Waals surface area contributed by atoms with E-state index in [1.165, 1.54) is 16.7 Å². The molecule has 6 nitrogen and oxygen atoms in total. The molecular formula is C21H16BrFN4O2. The molecule has 2 aromatic carbocycles. The van der Waals surface area contributed by atoms with Crippen molar-refractivity contribution in [2.24, 2.45) is 5.73 Å². The van der Waals surface area contributed by atoms with Gasteiger partial charge in [-0.3, -0.25) is 14.2 Å². The molecule has 0 aliphatic carbocycles. The number of primary amides is 1. The van der Waals surface area contributed by atoms with Gasteiger partial charge in [0, 0.05) is 28.8 Å². The number of pyridine rings is 1. The zero-order valence-electron chi connectivity index (χ0n) is 15.1. The number of halogens is 2. The molecule has 0 bridgehead atoms. The van der Waals surface area contributed by atoms with Crippen molar-refractivity contribution in [2.75, 3.05) is 5.32 Å². The van der Waals surface area contributed by atoms with Crippen LogP contribution in [0.25, 0.3) is 5.69 Å². The van der Waals surface area contributed by atoms with E-state index in [1.807, 2.05) is 6.07 Å². The Kier molecular flexibility index (Phi) is 6.10. The fraction of sp³-hybridized carbons (Fsp3) is 0.0952. The Morgan fingerprint density at radius 1 is 1.24 bits per heavy atom. The van der Waals surface area contributed by atoms with Gasteiger partial charge in [-0.25, -0.2) is 4.39 Å². The first-order chi connectivity index (χ1) is 13.9. The van der Waals surface area contributed by atoms with Crippen LogP contribution in [0.5, 0.6) is 0 Å². The Hall–Kier alpha value is -3.44. The predicted molar refractivity (Wildman–Crippen MR) is 111 cm³/mol. The van der Waals surface area contributed by atoms with Crippen LogP contribution in [0.1, 0.15) is 11.1 Å². The van der Waals surface area contributed by atoms with Crippen LogP contribution in [0.15, 0.2) is 70.1 Å². The van der Waals surface area contributed by atoms with Crippen molar-refractivity contribution in [3.63, 3.8) is 0 Å². The quantitative estimate of drug-likeness (QED) is 0.597. The van der Waals surface area contributed by atoms with Crippen LogP contribution >= 0.6 is 15.9 Å². The zero-order chi connectivity index (χ0) is 21.0. The van der Waals surface area contributed by atoms with Crippen LogP contribution in [0, 0.1) is 17.1 Å². The number of anilines is 1. The van der Waals surface area contributed by atoms with Gasteiger partial charge in [0.2, 0.25) is 5.91 Å². The van der Waals surface area contributed by atoms with Gasteiger partial charge in [-0.15, -0.1) is 0 Å². The zero-order valence-corrected chi connectivity index (χ0v) is 16.7. The molecule has 3 aromatic rings. The monoisotopic (exact) mass is 454 g/mol. The molecule has 1 heterocycles. The van der Waals surface area contributed by atoms with Crippen LogP contribution < -0.4 is 16.6 Å². The summed E-state index contributed by atoms with van der Waals surface area (Å²) in [6, 6.07) is 15.4. The van der Waals surface area contributed by atoms with Gasteiger partial charge in [0.05, 0.1) is 11.3 Å². The Bertz CT molecular complexity index is 1150. The number of carbonyl (C=O) groups is 1. The van der Waals surface area contributed by atoms with E-state index in [-0.39, 0.29) is 23.2 Å². The summed E-state index contributed by atoms with van der Waals surface area (Å²) in [5.74, 6) is -1.30. The summed E-state index contributed by atoms with van der Waals surface area (Å²) in [5.41, 5.74) is 7.01. The van der Waals surface area contributed by atoms with E-state index in [1.54, 1.807) is 42.6 Å². The summed E-state index contributed by atoms with van der Waals surface area (Å²) in [6.07, 6.45) is 1.88. The number of nitrogens with two attached hydrogens (primary N) is 1. The molecule has 0 radical (unpaired) electrons. The molecule has 1 aromatic heterocycles. The second kappa shape index (κ2) is 8.71. The van der Waals surface area contributed by atoms with Crippen molar-refractivity contribution < 1.29 is 9.18 Å². The molecule has 0 saturated heterocycles. The van der Waals surface area contributed by atoms with E-state index in [4.69, 9.17) is 11.0 Å². The number of carbonyl (C=O) groups excluding carboxylic acids is 1. The highest BCUT2D eigenvalue weighted by Gasteiger charge is 2.19. The second-order valence-electron chi connectivity index (χ2n) is 6.30. The number of aromatic nitrogens is 1. The summed E-state index contributed by atoms with van der Waals surface area (Å²) in [4.78, 5) is 23.8. The smallest absolute Gasteiger partial charge is 0.255 e. The van der Waals surface area contributed by atoms with Crippen LogP contribution in [-0.2, 0) is 11.2 Å². The standard InChI is InChI=1S/C21H16BrFN4O2/c22-16-11-18(17(23)10-14(16)12-24)26-19(21(25)29)9-13-4-6-15(7-5-13)27-8-2-1-3-20(27)28/h1-8,10-11,19,26H,9H2,(H2,25,29)/t19-/m1/s1. The summed E-state index contributed by atoms with van der Waals surface area (Å²) >= 11 is 3.20. The molecule has 1 atom stereocenters. The summed E-state index contributed by atoms with van der Waals surface area (Å²) < 4.78 is 16.1. The number of hydrogen-bond donors (Lipinski definition) is 2. The molecule has 0 aliphatic rings. The van der Waals surface area contributed by atoms with Crippen LogP contribution in [0.3, 0.4) is 0 Å². The lowest BCUT2D eigenvalue weighted by atomic mass is 10.0. The summed E-state index contributed by atoms with van der Waals surface area (Å²) in [6.45, 7) is 0. The first-order valence-electron chi connectivity index (χ1n) is 8.61. The Morgan fingerprint density at radius 3 is 2.59 bits per heavy atom. The molecule has 1 amide bonds. The van der Waals surface area contributed by atoms with Crippen LogP contribution in [0.2, 0.25) is 0 Å². The molecule has 0 fully saturated rings. The first kappa shape index (κ1) is 20.3. The van der Waals surface area contributed by atoms with Gasteiger partial charge in [-0.2, -0.15) is 5.26 Å². The first-order valence-corrected chi connectivity index (χ1v) is 9.40. The highest BCUT2D eigenvalue weighted by molar-refractivity contribution is 9.10.